The van der Waals surface area contributed by atoms with E-state index in [1.807, 2.05) is 29.3 Å². The molecule has 1 saturated heterocycles. The lowest BCUT2D eigenvalue weighted by Crippen LogP contribution is -2.24. The number of imidazole rings is 1. The van der Waals surface area contributed by atoms with Gasteiger partial charge in [0.15, 0.2) is 5.82 Å². The van der Waals surface area contributed by atoms with Gasteiger partial charge in [-0.1, -0.05) is 35.9 Å². The number of pyridine rings is 1. The smallest absolute Gasteiger partial charge is 0.228 e. The molecule has 3 aromatic rings. The highest BCUT2D eigenvalue weighted by atomic mass is 16.2. The van der Waals surface area contributed by atoms with Gasteiger partial charge in [0, 0.05) is 24.7 Å². The van der Waals surface area contributed by atoms with Crippen molar-refractivity contribution in [3.63, 3.8) is 0 Å². The SMILES string of the molecule is Cc1ccc(-c2nc(N3CCCC3=O)c3ccccn23)cc1. The summed E-state index contributed by atoms with van der Waals surface area (Å²) < 4.78 is 2.06. The largest absolute Gasteiger partial charge is 0.298 e. The van der Waals surface area contributed by atoms with Crippen molar-refractivity contribution in [1.29, 1.82) is 0 Å². The van der Waals surface area contributed by atoms with Crippen molar-refractivity contribution < 1.29 is 4.79 Å². The van der Waals surface area contributed by atoms with Crippen LogP contribution in [0.5, 0.6) is 0 Å². The van der Waals surface area contributed by atoms with E-state index in [9.17, 15) is 4.79 Å². The van der Waals surface area contributed by atoms with Crippen LogP contribution < -0.4 is 4.90 Å². The van der Waals surface area contributed by atoms with E-state index in [0.29, 0.717) is 6.42 Å². The molecule has 0 spiro atoms. The van der Waals surface area contributed by atoms with Crippen molar-refractivity contribution in [3.05, 3.63) is 54.2 Å². The highest BCUT2D eigenvalue weighted by Gasteiger charge is 2.26. The van der Waals surface area contributed by atoms with Crippen LogP contribution in [0.15, 0.2) is 48.7 Å². The van der Waals surface area contributed by atoms with E-state index in [1.54, 1.807) is 0 Å². The minimum Gasteiger partial charge on any atom is -0.298 e. The first kappa shape index (κ1) is 13.1. The molecule has 1 amide bonds. The average Bonchev–Trinajstić information content (AvgIpc) is 3.12. The van der Waals surface area contributed by atoms with Crippen LogP contribution in [-0.4, -0.2) is 21.8 Å². The number of anilines is 1. The first-order chi connectivity index (χ1) is 10.7. The molecule has 0 bridgehead atoms. The van der Waals surface area contributed by atoms with E-state index >= 15 is 0 Å². The number of fused-ring (bicyclic) bond motifs is 1. The number of carbonyl (C=O) groups excluding carboxylic acids is 1. The maximum atomic E-state index is 12.1. The van der Waals surface area contributed by atoms with Crippen LogP contribution in [0, 0.1) is 6.92 Å². The number of benzene rings is 1. The molecule has 1 aliphatic rings. The van der Waals surface area contributed by atoms with E-state index in [0.717, 1.165) is 35.7 Å². The molecule has 4 nitrogen and oxygen atoms in total. The van der Waals surface area contributed by atoms with Crippen LogP contribution in [0.4, 0.5) is 5.82 Å². The fourth-order valence-electron chi connectivity index (χ4n) is 3.00. The van der Waals surface area contributed by atoms with Crippen molar-refractivity contribution in [3.8, 4) is 11.4 Å². The fraction of sp³-hybridized carbons (Fsp3) is 0.222. The summed E-state index contributed by atoms with van der Waals surface area (Å²) in [5, 5.41) is 0. The Labute approximate surface area is 129 Å². The predicted molar refractivity (Wildman–Crippen MR) is 87.0 cm³/mol. The van der Waals surface area contributed by atoms with Gasteiger partial charge in [0.1, 0.15) is 5.82 Å². The highest BCUT2D eigenvalue weighted by Crippen LogP contribution is 2.30. The molecule has 0 radical (unpaired) electrons. The molecule has 1 aromatic carbocycles. The zero-order chi connectivity index (χ0) is 15.1. The number of carbonyl (C=O) groups is 1. The number of hydrogen-bond acceptors (Lipinski definition) is 2. The van der Waals surface area contributed by atoms with Gasteiger partial charge in [-0.3, -0.25) is 14.1 Å². The van der Waals surface area contributed by atoms with Gasteiger partial charge in [-0.2, -0.15) is 0 Å². The second-order valence-electron chi connectivity index (χ2n) is 5.73. The maximum absolute atomic E-state index is 12.1. The van der Waals surface area contributed by atoms with E-state index in [1.165, 1.54) is 5.56 Å². The summed E-state index contributed by atoms with van der Waals surface area (Å²) in [5.41, 5.74) is 3.26. The van der Waals surface area contributed by atoms with Gasteiger partial charge < -0.3 is 0 Å². The van der Waals surface area contributed by atoms with Crippen molar-refractivity contribution in [2.75, 3.05) is 11.4 Å². The second-order valence-corrected chi connectivity index (χ2v) is 5.73. The average molecular weight is 291 g/mol. The summed E-state index contributed by atoms with van der Waals surface area (Å²) in [6.07, 6.45) is 3.53. The van der Waals surface area contributed by atoms with Gasteiger partial charge in [-0.25, -0.2) is 4.98 Å². The third-order valence-electron chi connectivity index (χ3n) is 4.17. The molecule has 2 aromatic heterocycles. The maximum Gasteiger partial charge on any atom is 0.228 e. The molecule has 4 heteroatoms. The van der Waals surface area contributed by atoms with Gasteiger partial charge in [-0.15, -0.1) is 0 Å². The molecule has 0 unspecified atom stereocenters. The van der Waals surface area contributed by atoms with Crippen LogP contribution in [-0.2, 0) is 4.79 Å². The number of nitrogens with zero attached hydrogens (tertiary/aromatic N) is 3. The topological polar surface area (TPSA) is 37.6 Å². The summed E-state index contributed by atoms with van der Waals surface area (Å²) in [6.45, 7) is 2.83. The Balaban J connectivity index is 1.92. The molecular formula is C18H17N3O. The molecule has 22 heavy (non-hydrogen) atoms. The summed E-state index contributed by atoms with van der Waals surface area (Å²) in [4.78, 5) is 18.7. The summed E-state index contributed by atoms with van der Waals surface area (Å²) in [5.74, 6) is 1.82. The third kappa shape index (κ3) is 1.99. The van der Waals surface area contributed by atoms with Gasteiger partial charge in [0.2, 0.25) is 5.91 Å². The monoisotopic (exact) mass is 291 g/mol. The van der Waals surface area contributed by atoms with Crippen LogP contribution in [0.2, 0.25) is 0 Å². The molecule has 0 atom stereocenters. The Morgan fingerprint density at radius 2 is 1.91 bits per heavy atom. The highest BCUT2D eigenvalue weighted by molar-refractivity contribution is 5.98. The molecule has 0 saturated carbocycles. The summed E-state index contributed by atoms with van der Waals surface area (Å²) in [7, 11) is 0. The zero-order valence-corrected chi connectivity index (χ0v) is 12.5. The molecule has 4 rings (SSSR count). The number of aromatic nitrogens is 2. The first-order valence-electron chi connectivity index (χ1n) is 7.58. The Bertz CT molecular complexity index is 848. The second kappa shape index (κ2) is 4.98. The molecule has 3 heterocycles. The molecule has 0 aliphatic carbocycles. The zero-order valence-electron chi connectivity index (χ0n) is 12.5. The quantitative estimate of drug-likeness (QED) is 0.725. The molecule has 1 fully saturated rings. The van der Waals surface area contributed by atoms with Crippen molar-refractivity contribution >= 4 is 17.2 Å². The van der Waals surface area contributed by atoms with E-state index in [2.05, 4.69) is 35.6 Å². The van der Waals surface area contributed by atoms with Gasteiger partial charge in [0.25, 0.3) is 0 Å². The fourth-order valence-corrected chi connectivity index (χ4v) is 3.00. The van der Waals surface area contributed by atoms with Crippen LogP contribution in [0.3, 0.4) is 0 Å². The summed E-state index contributed by atoms with van der Waals surface area (Å²) in [6, 6.07) is 14.3. The van der Waals surface area contributed by atoms with Crippen molar-refractivity contribution in [1.82, 2.24) is 9.38 Å². The first-order valence-corrected chi connectivity index (χ1v) is 7.58. The van der Waals surface area contributed by atoms with E-state index in [-0.39, 0.29) is 5.91 Å². The Morgan fingerprint density at radius 3 is 2.64 bits per heavy atom. The number of hydrogen-bond donors (Lipinski definition) is 0. The lowest BCUT2D eigenvalue weighted by Gasteiger charge is -2.12. The van der Waals surface area contributed by atoms with Crippen molar-refractivity contribution in [2.24, 2.45) is 0 Å². The minimum atomic E-state index is 0.166. The normalized spacial score (nSPS) is 15.0. The number of aryl methyl sites for hydroxylation is 1. The standard InChI is InChI=1S/C18H17N3O/c1-13-7-9-14(10-8-13)17-19-18(21-12-4-6-16(21)22)15-5-2-3-11-20(15)17/h2-3,5,7-11H,4,6,12H2,1H3. The van der Waals surface area contributed by atoms with Crippen LogP contribution in [0.1, 0.15) is 18.4 Å². The molecule has 110 valence electrons. The van der Waals surface area contributed by atoms with Gasteiger partial charge in [0.05, 0.1) is 5.52 Å². The van der Waals surface area contributed by atoms with Crippen LogP contribution >= 0.6 is 0 Å². The third-order valence-corrected chi connectivity index (χ3v) is 4.17. The number of amides is 1. The summed E-state index contributed by atoms with van der Waals surface area (Å²) >= 11 is 0. The predicted octanol–water partition coefficient (Wildman–Crippen LogP) is 3.44. The van der Waals surface area contributed by atoms with Gasteiger partial charge in [-0.05, 0) is 25.5 Å². The Hall–Kier alpha value is -2.62. The molecule has 0 N–H and O–H groups in total. The lowest BCUT2D eigenvalue weighted by atomic mass is 10.1. The Morgan fingerprint density at radius 1 is 1.09 bits per heavy atom. The lowest BCUT2D eigenvalue weighted by molar-refractivity contribution is -0.117. The van der Waals surface area contributed by atoms with Crippen LogP contribution in [0.25, 0.3) is 16.9 Å². The molecule has 1 aliphatic heterocycles. The minimum absolute atomic E-state index is 0.166. The van der Waals surface area contributed by atoms with Crippen molar-refractivity contribution in [2.45, 2.75) is 19.8 Å². The van der Waals surface area contributed by atoms with E-state index in [4.69, 9.17) is 4.98 Å². The van der Waals surface area contributed by atoms with E-state index < -0.39 is 0 Å². The Kier molecular flexibility index (Phi) is 2.96. The molecular weight excluding hydrogens is 274 g/mol. The van der Waals surface area contributed by atoms with Gasteiger partial charge >= 0.3 is 0 Å². The number of rotatable bonds is 2.